The Morgan fingerprint density at radius 3 is 2.33 bits per heavy atom. The minimum Gasteiger partial charge on any atom is -0.481 e. The van der Waals surface area contributed by atoms with E-state index in [4.69, 9.17) is 0 Å². The number of likely N-dealkylation sites (tertiary alicyclic amines) is 1. The first kappa shape index (κ1) is 13.9. The van der Waals surface area contributed by atoms with Gasteiger partial charge in [0.1, 0.15) is 0 Å². The quantitative estimate of drug-likeness (QED) is 0.836. The van der Waals surface area contributed by atoms with Crippen molar-refractivity contribution >= 4 is 5.97 Å². The van der Waals surface area contributed by atoms with Gasteiger partial charge in [0.25, 0.3) is 0 Å². The lowest BCUT2D eigenvalue weighted by Gasteiger charge is -2.42. The number of hydrogen-bond donors (Lipinski definition) is 1. The zero-order chi connectivity index (χ0) is 13.2. The van der Waals surface area contributed by atoms with E-state index >= 15 is 0 Å². The first-order valence-corrected chi connectivity index (χ1v) is 7.56. The number of carbonyl (C=O) groups is 1. The van der Waals surface area contributed by atoms with E-state index in [9.17, 15) is 9.90 Å². The zero-order valence-corrected chi connectivity index (χ0v) is 11.8. The standard InChI is InChI=1S/C15H27NO2/c1-3-15(14(17)18)8-10-16(11-9-15)12(2)13-6-4-5-7-13/h12-13H,3-11H2,1-2H3,(H,17,18). The van der Waals surface area contributed by atoms with Gasteiger partial charge in [0.05, 0.1) is 5.41 Å². The summed E-state index contributed by atoms with van der Waals surface area (Å²) < 4.78 is 0. The highest BCUT2D eigenvalue weighted by molar-refractivity contribution is 5.74. The van der Waals surface area contributed by atoms with Gasteiger partial charge < -0.3 is 10.0 Å². The highest BCUT2D eigenvalue weighted by Crippen LogP contribution is 2.38. The second-order valence-corrected chi connectivity index (χ2v) is 6.26. The SMILES string of the molecule is CCC1(C(=O)O)CCN(C(C)C2CCCC2)CC1. The maximum Gasteiger partial charge on any atom is 0.309 e. The maximum absolute atomic E-state index is 11.4. The number of piperidine rings is 1. The molecular formula is C15H27NO2. The summed E-state index contributed by atoms with van der Waals surface area (Å²) in [5.74, 6) is 0.266. The molecule has 0 aromatic carbocycles. The number of hydrogen-bond acceptors (Lipinski definition) is 2. The predicted octanol–water partition coefficient (Wildman–Crippen LogP) is 3.14. The number of aliphatic carboxylic acids is 1. The first-order valence-electron chi connectivity index (χ1n) is 7.56. The van der Waals surface area contributed by atoms with Crippen molar-refractivity contribution in [2.24, 2.45) is 11.3 Å². The summed E-state index contributed by atoms with van der Waals surface area (Å²) in [6.07, 6.45) is 7.94. The lowest BCUT2D eigenvalue weighted by atomic mass is 9.75. The molecule has 1 saturated carbocycles. The monoisotopic (exact) mass is 253 g/mol. The van der Waals surface area contributed by atoms with E-state index < -0.39 is 11.4 Å². The minimum atomic E-state index is -0.585. The van der Waals surface area contributed by atoms with Crippen molar-refractivity contribution in [1.29, 1.82) is 0 Å². The summed E-state index contributed by atoms with van der Waals surface area (Å²) in [6.45, 7) is 6.30. The van der Waals surface area contributed by atoms with Gasteiger partial charge in [-0.2, -0.15) is 0 Å². The van der Waals surface area contributed by atoms with Gasteiger partial charge in [-0.3, -0.25) is 4.79 Å². The predicted molar refractivity (Wildman–Crippen MR) is 72.6 cm³/mol. The fourth-order valence-electron chi connectivity index (χ4n) is 3.82. The van der Waals surface area contributed by atoms with Crippen molar-refractivity contribution < 1.29 is 9.90 Å². The maximum atomic E-state index is 11.4. The summed E-state index contributed by atoms with van der Waals surface area (Å²) in [4.78, 5) is 14.0. The molecule has 18 heavy (non-hydrogen) atoms. The normalized spacial score (nSPS) is 27.2. The fourth-order valence-corrected chi connectivity index (χ4v) is 3.82. The molecule has 1 unspecified atom stereocenters. The van der Waals surface area contributed by atoms with Crippen LogP contribution in [0.15, 0.2) is 0 Å². The molecule has 0 radical (unpaired) electrons. The van der Waals surface area contributed by atoms with Gasteiger partial charge in [-0.25, -0.2) is 0 Å². The number of carboxylic acids is 1. The van der Waals surface area contributed by atoms with Crippen molar-refractivity contribution in [2.45, 2.75) is 64.8 Å². The van der Waals surface area contributed by atoms with Crippen LogP contribution in [0.25, 0.3) is 0 Å². The van der Waals surface area contributed by atoms with E-state index in [2.05, 4.69) is 11.8 Å². The van der Waals surface area contributed by atoms with Crippen molar-refractivity contribution in [3.8, 4) is 0 Å². The topological polar surface area (TPSA) is 40.5 Å². The highest BCUT2D eigenvalue weighted by Gasteiger charge is 2.41. The molecule has 2 rings (SSSR count). The van der Waals surface area contributed by atoms with Crippen LogP contribution < -0.4 is 0 Å². The van der Waals surface area contributed by atoms with E-state index in [1.807, 2.05) is 6.92 Å². The van der Waals surface area contributed by atoms with Crippen LogP contribution in [0.2, 0.25) is 0 Å². The second-order valence-electron chi connectivity index (χ2n) is 6.26. The number of carboxylic acid groups (broad SMARTS) is 1. The van der Waals surface area contributed by atoms with Gasteiger partial charge in [0.15, 0.2) is 0 Å². The molecule has 104 valence electrons. The van der Waals surface area contributed by atoms with Gasteiger partial charge in [-0.1, -0.05) is 19.8 Å². The average Bonchev–Trinajstić information content (AvgIpc) is 2.91. The third kappa shape index (κ3) is 2.56. The van der Waals surface area contributed by atoms with Gasteiger partial charge in [-0.15, -0.1) is 0 Å². The number of nitrogens with zero attached hydrogens (tertiary/aromatic N) is 1. The molecule has 2 fully saturated rings. The van der Waals surface area contributed by atoms with Crippen LogP contribution in [-0.2, 0) is 4.79 Å². The molecule has 1 aliphatic heterocycles. The largest absolute Gasteiger partial charge is 0.481 e. The molecule has 0 spiro atoms. The number of rotatable bonds is 4. The van der Waals surface area contributed by atoms with Gasteiger partial charge in [-0.05, 0) is 58.0 Å². The lowest BCUT2D eigenvalue weighted by molar-refractivity contribution is -0.152. The molecule has 0 aromatic heterocycles. The van der Waals surface area contributed by atoms with Crippen molar-refractivity contribution in [3.63, 3.8) is 0 Å². The lowest BCUT2D eigenvalue weighted by Crippen LogP contribution is -2.48. The summed E-state index contributed by atoms with van der Waals surface area (Å²) in [7, 11) is 0. The van der Waals surface area contributed by atoms with Crippen LogP contribution in [0, 0.1) is 11.3 Å². The molecule has 0 aromatic rings. The molecule has 1 atom stereocenters. The van der Waals surface area contributed by atoms with Crippen LogP contribution in [0.4, 0.5) is 0 Å². The van der Waals surface area contributed by atoms with Crippen molar-refractivity contribution in [3.05, 3.63) is 0 Å². The molecule has 1 saturated heterocycles. The van der Waals surface area contributed by atoms with E-state index in [0.717, 1.165) is 38.3 Å². The average molecular weight is 253 g/mol. The van der Waals surface area contributed by atoms with Crippen molar-refractivity contribution in [1.82, 2.24) is 4.90 Å². The molecule has 3 heteroatoms. The summed E-state index contributed by atoms with van der Waals surface area (Å²) in [5, 5.41) is 9.41. The molecular weight excluding hydrogens is 226 g/mol. The van der Waals surface area contributed by atoms with Crippen LogP contribution in [0.3, 0.4) is 0 Å². The first-order chi connectivity index (χ1) is 8.59. The van der Waals surface area contributed by atoms with Crippen LogP contribution >= 0.6 is 0 Å². The summed E-state index contributed by atoms with van der Waals surface area (Å²) in [6, 6.07) is 0.649. The van der Waals surface area contributed by atoms with Crippen molar-refractivity contribution in [2.75, 3.05) is 13.1 Å². The van der Waals surface area contributed by atoms with Crippen LogP contribution in [0.5, 0.6) is 0 Å². The summed E-state index contributed by atoms with van der Waals surface area (Å²) >= 11 is 0. The molecule has 2 aliphatic rings. The third-order valence-corrected chi connectivity index (χ3v) is 5.54. The molecule has 0 amide bonds. The van der Waals surface area contributed by atoms with Gasteiger partial charge >= 0.3 is 5.97 Å². The van der Waals surface area contributed by atoms with Gasteiger partial charge in [0.2, 0.25) is 0 Å². The Labute approximate surface area is 111 Å². The van der Waals surface area contributed by atoms with Crippen LogP contribution in [-0.4, -0.2) is 35.1 Å². The van der Waals surface area contributed by atoms with E-state index in [0.29, 0.717) is 6.04 Å². The smallest absolute Gasteiger partial charge is 0.309 e. The van der Waals surface area contributed by atoms with E-state index in [1.54, 1.807) is 0 Å². The molecule has 1 aliphatic carbocycles. The van der Waals surface area contributed by atoms with E-state index in [1.165, 1.54) is 25.7 Å². The minimum absolute atomic E-state index is 0.439. The van der Waals surface area contributed by atoms with E-state index in [-0.39, 0.29) is 0 Å². The molecule has 0 bridgehead atoms. The molecule has 3 nitrogen and oxygen atoms in total. The Balaban J connectivity index is 1.91. The zero-order valence-electron chi connectivity index (χ0n) is 11.8. The molecule has 1 heterocycles. The Hall–Kier alpha value is -0.570. The Kier molecular flexibility index (Phi) is 4.31. The van der Waals surface area contributed by atoms with Gasteiger partial charge in [0, 0.05) is 6.04 Å². The van der Waals surface area contributed by atoms with Crippen LogP contribution in [0.1, 0.15) is 58.8 Å². The second kappa shape index (κ2) is 5.60. The third-order valence-electron chi connectivity index (χ3n) is 5.54. The Morgan fingerprint density at radius 2 is 1.89 bits per heavy atom. The Morgan fingerprint density at radius 1 is 1.33 bits per heavy atom. The molecule has 1 N–H and O–H groups in total. The summed E-state index contributed by atoms with van der Waals surface area (Å²) in [5.41, 5.74) is -0.439. The fraction of sp³-hybridized carbons (Fsp3) is 0.933. The highest BCUT2D eigenvalue weighted by atomic mass is 16.4. The Bertz CT molecular complexity index is 289.